The molecular weight excluding hydrogens is 248 g/mol. The number of carbonyl (C=O) groups excluding carboxylic acids is 1. The molecule has 0 atom stereocenters. The van der Waals surface area contributed by atoms with Crippen LogP contribution in [-0.4, -0.2) is 5.91 Å². The summed E-state index contributed by atoms with van der Waals surface area (Å²) in [5, 5.41) is 3.40. The average molecular weight is 260 g/mol. The lowest BCUT2D eigenvalue weighted by molar-refractivity contribution is -0.377. The number of hydrogen-bond acceptors (Lipinski definition) is 1. The zero-order chi connectivity index (χ0) is 12.8. The van der Waals surface area contributed by atoms with Gasteiger partial charge in [-0.05, 0) is 23.8 Å². The van der Waals surface area contributed by atoms with Crippen LogP contribution in [0.2, 0.25) is 5.02 Å². The van der Waals surface area contributed by atoms with Crippen LogP contribution in [0.5, 0.6) is 0 Å². The van der Waals surface area contributed by atoms with Gasteiger partial charge in [-0.1, -0.05) is 23.7 Å². The van der Waals surface area contributed by atoms with E-state index in [1.165, 1.54) is 6.08 Å². The summed E-state index contributed by atoms with van der Waals surface area (Å²) in [6, 6.07) is 10.9. The lowest BCUT2D eigenvalue weighted by Gasteiger charge is -1.99. The predicted octanol–water partition coefficient (Wildman–Crippen LogP) is 2.81. The van der Waals surface area contributed by atoms with E-state index in [1.807, 2.05) is 12.1 Å². The molecule has 0 radical (unpaired) electrons. The van der Waals surface area contributed by atoms with Gasteiger partial charge in [-0.2, -0.15) is 0 Å². The van der Waals surface area contributed by atoms with Crippen LogP contribution in [0.25, 0.3) is 6.08 Å². The number of anilines is 1. The molecule has 0 bridgehead atoms. The molecule has 1 amide bonds. The number of rotatable bonds is 3. The minimum atomic E-state index is -0.179. The number of H-pyrrole nitrogens is 1. The maximum absolute atomic E-state index is 11.6. The smallest absolute Gasteiger partial charge is 0.248 e. The van der Waals surface area contributed by atoms with E-state index in [0.717, 1.165) is 11.3 Å². The number of nitrogens with one attached hydrogen (secondary N) is 2. The van der Waals surface area contributed by atoms with Gasteiger partial charge in [0.25, 0.3) is 0 Å². The molecule has 3 nitrogen and oxygen atoms in total. The Morgan fingerprint density at radius 2 is 2.00 bits per heavy atom. The highest BCUT2D eigenvalue weighted by atomic mass is 35.5. The van der Waals surface area contributed by atoms with Gasteiger partial charge >= 0.3 is 0 Å². The highest BCUT2D eigenvalue weighted by molar-refractivity contribution is 6.30. The Morgan fingerprint density at radius 3 is 2.72 bits per heavy atom. The number of aromatic amines is 1. The van der Waals surface area contributed by atoms with Crippen LogP contribution in [-0.2, 0) is 4.79 Å². The average Bonchev–Trinajstić information content (AvgIpc) is 2.38. The Kier molecular flexibility index (Phi) is 4.10. The predicted molar refractivity (Wildman–Crippen MR) is 72.1 cm³/mol. The van der Waals surface area contributed by atoms with E-state index in [-0.39, 0.29) is 5.91 Å². The summed E-state index contributed by atoms with van der Waals surface area (Å²) in [6.07, 6.45) is 6.69. The van der Waals surface area contributed by atoms with Gasteiger partial charge in [0.2, 0.25) is 5.91 Å². The molecule has 2 aromatic rings. The first-order valence-electron chi connectivity index (χ1n) is 5.45. The van der Waals surface area contributed by atoms with E-state index >= 15 is 0 Å². The molecular formula is C14H12ClN2O+. The number of hydrogen-bond donors (Lipinski definition) is 1. The van der Waals surface area contributed by atoms with Gasteiger partial charge in [0.15, 0.2) is 12.4 Å². The van der Waals surface area contributed by atoms with Crippen molar-refractivity contribution in [3.8, 4) is 0 Å². The van der Waals surface area contributed by atoms with E-state index < -0.39 is 0 Å². The van der Waals surface area contributed by atoms with Crippen LogP contribution < -0.4 is 10.3 Å². The second-order valence-electron chi connectivity index (χ2n) is 3.67. The third-order valence-corrected chi connectivity index (χ3v) is 2.50. The number of aromatic nitrogens is 1. The summed E-state index contributed by atoms with van der Waals surface area (Å²) < 4.78 is 0. The molecule has 18 heavy (non-hydrogen) atoms. The number of benzene rings is 1. The van der Waals surface area contributed by atoms with Crippen LogP contribution in [0.4, 0.5) is 5.69 Å². The van der Waals surface area contributed by atoms with Crippen molar-refractivity contribution in [2.45, 2.75) is 0 Å². The molecule has 0 fully saturated rings. The summed E-state index contributed by atoms with van der Waals surface area (Å²) in [5.41, 5.74) is 1.63. The van der Waals surface area contributed by atoms with Crippen molar-refractivity contribution in [2.24, 2.45) is 0 Å². The van der Waals surface area contributed by atoms with Gasteiger partial charge in [0.1, 0.15) is 0 Å². The molecule has 4 heteroatoms. The van der Waals surface area contributed by atoms with E-state index in [0.29, 0.717) is 5.02 Å². The van der Waals surface area contributed by atoms with Gasteiger partial charge in [0.05, 0.1) is 5.69 Å². The Morgan fingerprint density at radius 1 is 1.22 bits per heavy atom. The third kappa shape index (κ3) is 3.71. The summed E-state index contributed by atoms with van der Waals surface area (Å²) in [4.78, 5) is 14.5. The highest BCUT2D eigenvalue weighted by Crippen LogP contribution is 2.12. The molecule has 0 spiro atoms. The van der Waals surface area contributed by atoms with Crippen LogP contribution in [0.15, 0.2) is 54.9 Å². The van der Waals surface area contributed by atoms with Crippen LogP contribution in [0.1, 0.15) is 5.56 Å². The summed E-state index contributed by atoms with van der Waals surface area (Å²) in [7, 11) is 0. The lowest BCUT2D eigenvalue weighted by atomic mass is 10.2. The topological polar surface area (TPSA) is 43.2 Å². The fourth-order valence-electron chi connectivity index (χ4n) is 1.44. The number of pyridine rings is 1. The third-order valence-electron chi connectivity index (χ3n) is 2.26. The van der Waals surface area contributed by atoms with Gasteiger partial charge in [-0.15, -0.1) is 0 Å². The molecule has 0 aliphatic carbocycles. The molecule has 90 valence electrons. The SMILES string of the molecule is O=C(C=Cc1cccc(Cl)c1)Nc1cc[nH+]cc1. The second-order valence-corrected chi connectivity index (χ2v) is 4.10. The van der Waals surface area contributed by atoms with E-state index in [4.69, 9.17) is 11.6 Å². The molecule has 1 aromatic carbocycles. The van der Waals surface area contributed by atoms with Crippen LogP contribution >= 0.6 is 11.6 Å². The zero-order valence-electron chi connectivity index (χ0n) is 9.56. The Bertz CT molecular complexity index is 567. The van der Waals surface area contributed by atoms with E-state index in [2.05, 4.69) is 10.3 Å². The van der Waals surface area contributed by atoms with Crippen molar-refractivity contribution in [1.29, 1.82) is 0 Å². The Hall–Kier alpha value is -2.13. The first-order chi connectivity index (χ1) is 8.74. The van der Waals surface area contributed by atoms with Crippen molar-refractivity contribution in [1.82, 2.24) is 0 Å². The van der Waals surface area contributed by atoms with Crippen molar-refractivity contribution in [2.75, 3.05) is 5.32 Å². The van der Waals surface area contributed by atoms with Gasteiger partial charge in [-0.25, -0.2) is 4.98 Å². The zero-order valence-corrected chi connectivity index (χ0v) is 10.3. The van der Waals surface area contributed by atoms with Crippen LogP contribution in [0.3, 0.4) is 0 Å². The minimum absolute atomic E-state index is 0.179. The van der Waals surface area contributed by atoms with E-state index in [9.17, 15) is 4.79 Å². The molecule has 0 aliphatic heterocycles. The minimum Gasteiger partial charge on any atom is -0.322 e. The highest BCUT2D eigenvalue weighted by Gasteiger charge is 1.98. The summed E-state index contributed by atoms with van der Waals surface area (Å²) >= 11 is 5.85. The summed E-state index contributed by atoms with van der Waals surface area (Å²) in [5.74, 6) is -0.179. The fraction of sp³-hybridized carbons (Fsp3) is 0. The molecule has 1 heterocycles. The largest absolute Gasteiger partial charge is 0.322 e. The number of carbonyl (C=O) groups is 1. The fourth-order valence-corrected chi connectivity index (χ4v) is 1.64. The van der Waals surface area contributed by atoms with Crippen molar-refractivity contribution in [3.63, 3.8) is 0 Å². The van der Waals surface area contributed by atoms with Gasteiger partial charge < -0.3 is 5.32 Å². The van der Waals surface area contributed by atoms with Crippen molar-refractivity contribution in [3.05, 3.63) is 65.5 Å². The standard InChI is InChI=1S/C14H11ClN2O/c15-12-3-1-2-11(10-12)4-5-14(18)17-13-6-8-16-9-7-13/h1-10H,(H,16,17,18)/p+1. The molecule has 0 unspecified atom stereocenters. The van der Waals surface area contributed by atoms with E-state index in [1.54, 1.807) is 42.7 Å². The molecule has 0 saturated heterocycles. The van der Waals surface area contributed by atoms with Crippen molar-refractivity contribution < 1.29 is 9.78 Å². The molecule has 2 N–H and O–H groups in total. The second kappa shape index (κ2) is 5.98. The first-order valence-corrected chi connectivity index (χ1v) is 5.82. The molecule has 1 aromatic heterocycles. The summed E-state index contributed by atoms with van der Waals surface area (Å²) in [6.45, 7) is 0. The quantitative estimate of drug-likeness (QED) is 0.847. The lowest BCUT2D eigenvalue weighted by Crippen LogP contribution is -2.09. The normalized spacial score (nSPS) is 10.5. The van der Waals surface area contributed by atoms with Crippen molar-refractivity contribution >= 4 is 29.3 Å². The molecule has 0 saturated carbocycles. The van der Waals surface area contributed by atoms with Gasteiger partial charge in [0, 0.05) is 23.2 Å². The van der Waals surface area contributed by atoms with Gasteiger partial charge in [-0.3, -0.25) is 4.79 Å². The number of amides is 1. The first kappa shape index (κ1) is 12.3. The Labute approximate surface area is 110 Å². The Balaban J connectivity index is 1.99. The monoisotopic (exact) mass is 259 g/mol. The maximum atomic E-state index is 11.6. The number of halogens is 1. The molecule has 0 aliphatic rings. The van der Waals surface area contributed by atoms with Crippen LogP contribution in [0, 0.1) is 0 Å². The maximum Gasteiger partial charge on any atom is 0.248 e. The molecule has 2 rings (SSSR count).